The summed E-state index contributed by atoms with van der Waals surface area (Å²) in [4.78, 5) is 47.6. The highest BCUT2D eigenvalue weighted by molar-refractivity contribution is 6.01. The highest BCUT2D eigenvalue weighted by atomic mass is 19.1. The number of carbonyl (C=O) groups excluding carboxylic acids is 3. The number of imide groups is 1. The average molecular weight is 784 g/mol. The van der Waals surface area contributed by atoms with E-state index in [1.807, 2.05) is 56.6 Å². The van der Waals surface area contributed by atoms with Crippen molar-refractivity contribution in [1.29, 1.82) is 0 Å². The maximum atomic E-state index is 15.1. The maximum Gasteiger partial charge on any atom is 0.292 e. The van der Waals surface area contributed by atoms with Crippen LogP contribution in [0.3, 0.4) is 0 Å². The number of likely N-dealkylation sites (tertiary alicyclic amines) is 1. The van der Waals surface area contributed by atoms with E-state index < -0.39 is 17.9 Å². The number of hydrogen-bond acceptors (Lipinski definition) is 10. The molecule has 1 atom stereocenters. The average Bonchev–Trinajstić information content (AvgIpc) is 3.89. The smallest absolute Gasteiger partial charge is 0.292 e. The molecule has 0 bridgehead atoms. The van der Waals surface area contributed by atoms with Crippen LogP contribution in [0.5, 0.6) is 0 Å². The predicted molar refractivity (Wildman–Crippen MR) is 216 cm³/mol. The molecule has 3 aromatic carbocycles. The van der Waals surface area contributed by atoms with E-state index in [0.29, 0.717) is 18.9 Å². The minimum atomic E-state index is -0.622. The van der Waals surface area contributed by atoms with Gasteiger partial charge in [0.1, 0.15) is 18.2 Å². The van der Waals surface area contributed by atoms with Gasteiger partial charge in [0.2, 0.25) is 17.7 Å². The van der Waals surface area contributed by atoms with Gasteiger partial charge in [-0.3, -0.25) is 24.6 Å². The number of aryl methyl sites for hydroxylation is 1. The maximum absolute atomic E-state index is 15.1. The first-order valence-corrected chi connectivity index (χ1v) is 19.6. The molecule has 0 aliphatic carbocycles. The second kappa shape index (κ2) is 15.9. The van der Waals surface area contributed by atoms with Crippen molar-refractivity contribution in [3.05, 3.63) is 119 Å². The summed E-state index contributed by atoms with van der Waals surface area (Å²) in [5.74, 6) is -0.804. The van der Waals surface area contributed by atoms with Crippen LogP contribution in [0.1, 0.15) is 91.1 Å². The van der Waals surface area contributed by atoms with E-state index in [1.54, 1.807) is 18.5 Å². The largest absolute Gasteiger partial charge is 0.371 e. The molecule has 5 heterocycles. The van der Waals surface area contributed by atoms with Crippen molar-refractivity contribution < 1.29 is 23.3 Å². The van der Waals surface area contributed by atoms with Crippen molar-refractivity contribution in [3.63, 3.8) is 0 Å². The Morgan fingerprint density at radius 1 is 0.966 bits per heavy atom. The highest BCUT2D eigenvalue weighted by Crippen LogP contribution is 2.33. The van der Waals surface area contributed by atoms with E-state index in [4.69, 9.17) is 4.52 Å². The molecule has 2 saturated heterocycles. The van der Waals surface area contributed by atoms with Gasteiger partial charge in [0.15, 0.2) is 0 Å². The van der Waals surface area contributed by atoms with E-state index in [1.165, 1.54) is 5.56 Å². The SMILES string of the molecule is Cc1cc(-c2ncnn3cc(-c4ccc(CN5CCC(c6ccc(NC7CCC(=O)NC7=O)c(F)c6)CC5)cc4)cc23)ccc1CNC(=O)c1noc(C(C)(C)C)n1. The number of benzene rings is 3. The Morgan fingerprint density at radius 2 is 1.74 bits per heavy atom. The van der Waals surface area contributed by atoms with Crippen LogP contribution in [0.2, 0.25) is 0 Å². The normalized spacial score (nSPS) is 16.7. The summed E-state index contributed by atoms with van der Waals surface area (Å²) in [6, 6.07) is 21.4. The van der Waals surface area contributed by atoms with Crippen molar-refractivity contribution in [2.24, 2.45) is 0 Å². The molecule has 1 unspecified atom stereocenters. The molecule has 0 radical (unpaired) electrons. The quantitative estimate of drug-likeness (QED) is 0.127. The van der Waals surface area contributed by atoms with Gasteiger partial charge in [-0.05, 0) is 97.3 Å². The number of aromatic nitrogens is 5. The molecule has 3 amide bonds. The van der Waals surface area contributed by atoms with E-state index in [9.17, 15) is 14.4 Å². The second-order valence-electron chi connectivity index (χ2n) is 16.3. The fourth-order valence-corrected chi connectivity index (χ4v) is 7.63. The molecule has 58 heavy (non-hydrogen) atoms. The third-order valence-electron chi connectivity index (χ3n) is 11.0. The molecule has 8 rings (SSSR count). The highest BCUT2D eigenvalue weighted by Gasteiger charge is 2.28. The van der Waals surface area contributed by atoms with Crippen molar-refractivity contribution in [1.82, 2.24) is 40.3 Å². The zero-order chi connectivity index (χ0) is 40.6. The molecular formula is C44H46FN9O4. The standard InChI is InChI=1S/C44H46FN9O4/c1-26-19-31(9-10-32(26)22-46-42(57)40-51-43(58-52-40)44(2,3)4)39-37-21-33(24-54(37)48-25-47-39)28-7-5-27(6-8-28)23-53-17-15-29(16-18-53)30-11-12-35(34(45)20-30)49-36-13-14-38(55)50-41(36)56/h5-12,19-21,24-25,29,36,49H,13-18,22-23H2,1-4H3,(H,46,57)(H,50,55,56). The van der Waals surface area contributed by atoms with Crippen LogP contribution < -0.4 is 16.0 Å². The fourth-order valence-electron chi connectivity index (χ4n) is 7.63. The second-order valence-corrected chi connectivity index (χ2v) is 16.3. The number of hydrogen-bond donors (Lipinski definition) is 3. The monoisotopic (exact) mass is 783 g/mol. The van der Waals surface area contributed by atoms with Gasteiger partial charge >= 0.3 is 0 Å². The van der Waals surface area contributed by atoms with Gasteiger partial charge in [0.05, 0.1) is 16.9 Å². The first kappa shape index (κ1) is 38.6. The number of carbonyl (C=O) groups is 3. The molecule has 6 aromatic rings. The molecule has 14 heteroatoms. The number of halogens is 1. The lowest BCUT2D eigenvalue weighted by Crippen LogP contribution is -2.47. The first-order chi connectivity index (χ1) is 27.9. The summed E-state index contributed by atoms with van der Waals surface area (Å²) in [5, 5.41) is 16.5. The minimum absolute atomic E-state index is 0.0152. The van der Waals surface area contributed by atoms with Crippen LogP contribution in [0, 0.1) is 12.7 Å². The van der Waals surface area contributed by atoms with Gasteiger partial charge in [0, 0.05) is 42.2 Å². The van der Waals surface area contributed by atoms with Crippen molar-refractivity contribution in [2.75, 3.05) is 18.4 Å². The molecule has 3 aromatic heterocycles. The first-order valence-electron chi connectivity index (χ1n) is 19.6. The lowest BCUT2D eigenvalue weighted by atomic mass is 9.89. The number of nitrogens with one attached hydrogen (secondary N) is 3. The van der Waals surface area contributed by atoms with Crippen molar-refractivity contribution in [2.45, 2.75) is 83.8 Å². The summed E-state index contributed by atoms with van der Waals surface area (Å²) in [6.07, 6.45) is 6.01. The molecule has 2 aliphatic heterocycles. The topological polar surface area (TPSA) is 160 Å². The van der Waals surface area contributed by atoms with Gasteiger partial charge in [-0.2, -0.15) is 10.1 Å². The van der Waals surface area contributed by atoms with Gasteiger partial charge in [-0.25, -0.2) is 13.9 Å². The van der Waals surface area contributed by atoms with Crippen LogP contribution in [-0.4, -0.2) is 66.5 Å². The van der Waals surface area contributed by atoms with Crippen molar-refractivity contribution in [3.8, 4) is 22.4 Å². The van der Waals surface area contributed by atoms with E-state index >= 15 is 4.39 Å². The van der Waals surface area contributed by atoms with Gasteiger partial charge < -0.3 is 15.2 Å². The van der Waals surface area contributed by atoms with Crippen LogP contribution in [-0.2, 0) is 28.1 Å². The molecule has 13 nitrogen and oxygen atoms in total. The number of piperidine rings is 2. The lowest BCUT2D eigenvalue weighted by molar-refractivity contribution is -0.133. The number of amides is 3. The number of rotatable bonds is 10. The Kier molecular flexibility index (Phi) is 10.6. The number of nitrogens with zero attached hydrogens (tertiary/aromatic N) is 6. The van der Waals surface area contributed by atoms with E-state index in [0.717, 1.165) is 77.1 Å². The summed E-state index contributed by atoms with van der Waals surface area (Å²) >= 11 is 0. The Labute approximate surface area is 335 Å². The number of fused-ring (bicyclic) bond motifs is 1. The van der Waals surface area contributed by atoms with Gasteiger partial charge in [-0.15, -0.1) is 0 Å². The molecule has 0 spiro atoms. The Balaban J connectivity index is 0.865. The zero-order valence-electron chi connectivity index (χ0n) is 33.0. The molecule has 0 saturated carbocycles. The van der Waals surface area contributed by atoms with Crippen molar-refractivity contribution >= 4 is 28.9 Å². The summed E-state index contributed by atoms with van der Waals surface area (Å²) in [7, 11) is 0. The van der Waals surface area contributed by atoms with E-state index in [-0.39, 0.29) is 41.0 Å². The van der Waals surface area contributed by atoms with E-state index in [2.05, 4.69) is 77.5 Å². The Morgan fingerprint density at radius 3 is 2.45 bits per heavy atom. The summed E-state index contributed by atoms with van der Waals surface area (Å²) in [5.41, 5.74) is 8.85. The third kappa shape index (κ3) is 8.37. The zero-order valence-corrected chi connectivity index (χ0v) is 33.0. The Bertz CT molecular complexity index is 2500. The minimum Gasteiger partial charge on any atom is -0.371 e. The van der Waals surface area contributed by atoms with Crippen LogP contribution in [0.4, 0.5) is 10.1 Å². The molecule has 3 N–H and O–H groups in total. The summed E-state index contributed by atoms with van der Waals surface area (Å²) in [6.45, 7) is 10.8. The molecule has 298 valence electrons. The van der Waals surface area contributed by atoms with Crippen LogP contribution in [0.25, 0.3) is 27.9 Å². The Hall–Kier alpha value is -6.28. The molecule has 2 fully saturated rings. The van der Waals surface area contributed by atoms with Gasteiger partial charge in [-0.1, -0.05) is 68.4 Å². The fraction of sp³-hybridized carbons (Fsp3) is 0.341. The predicted octanol–water partition coefficient (Wildman–Crippen LogP) is 6.72. The number of anilines is 1. The lowest BCUT2D eigenvalue weighted by Gasteiger charge is -2.32. The molecular weight excluding hydrogens is 738 g/mol. The van der Waals surface area contributed by atoms with Crippen LogP contribution >= 0.6 is 0 Å². The van der Waals surface area contributed by atoms with Crippen LogP contribution in [0.15, 0.2) is 83.8 Å². The summed E-state index contributed by atoms with van der Waals surface area (Å²) < 4.78 is 22.2. The molecule has 2 aliphatic rings. The third-order valence-corrected chi connectivity index (χ3v) is 11.0. The van der Waals surface area contributed by atoms with Gasteiger partial charge in [0.25, 0.3) is 11.7 Å².